The van der Waals surface area contributed by atoms with Crippen LogP contribution < -0.4 is 10.5 Å². The van der Waals surface area contributed by atoms with Gasteiger partial charge in [-0.25, -0.2) is 4.98 Å². The molecule has 0 unspecified atom stereocenters. The molecular weight excluding hydrogens is 282 g/mol. The zero-order chi connectivity index (χ0) is 15.9. The molecule has 1 aromatic carbocycles. The van der Waals surface area contributed by atoms with E-state index < -0.39 is 0 Å². The van der Waals surface area contributed by atoms with E-state index in [2.05, 4.69) is 4.98 Å². The van der Waals surface area contributed by atoms with Crippen LogP contribution in [-0.2, 0) is 11.8 Å². The standard InChI is InChI=1S/C16H19N3O3/c1-10-8-12(11(2)20)14-13(9-10)15(21)18(3)16(17-14)19-4-6-22-7-5-19/h8-9H,4-7H2,1-3H3. The smallest absolute Gasteiger partial charge is 0.262 e. The number of aromatic nitrogens is 2. The number of nitrogens with zero attached hydrogens (tertiary/aromatic N) is 3. The summed E-state index contributed by atoms with van der Waals surface area (Å²) in [5, 5.41) is 0.490. The van der Waals surface area contributed by atoms with Gasteiger partial charge >= 0.3 is 0 Å². The number of ether oxygens (including phenoxy) is 1. The summed E-state index contributed by atoms with van der Waals surface area (Å²) in [7, 11) is 1.72. The Labute approximate surface area is 128 Å². The molecule has 0 radical (unpaired) electrons. The third kappa shape index (κ3) is 2.39. The summed E-state index contributed by atoms with van der Waals surface area (Å²) < 4.78 is 6.90. The van der Waals surface area contributed by atoms with Gasteiger partial charge in [0, 0.05) is 25.7 Å². The molecule has 22 heavy (non-hydrogen) atoms. The van der Waals surface area contributed by atoms with E-state index in [0.717, 1.165) is 5.56 Å². The molecule has 0 N–H and O–H groups in total. The first-order valence-electron chi connectivity index (χ1n) is 7.34. The first-order valence-corrected chi connectivity index (χ1v) is 7.34. The molecule has 0 atom stereocenters. The fourth-order valence-electron chi connectivity index (χ4n) is 2.82. The number of ketones is 1. The van der Waals surface area contributed by atoms with Gasteiger partial charge in [0.15, 0.2) is 5.78 Å². The zero-order valence-electron chi connectivity index (χ0n) is 13.0. The average molecular weight is 301 g/mol. The van der Waals surface area contributed by atoms with Gasteiger partial charge in [-0.1, -0.05) is 0 Å². The molecule has 1 fully saturated rings. The quantitative estimate of drug-likeness (QED) is 0.782. The van der Waals surface area contributed by atoms with Crippen molar-refractivity contribution in [1.29, 1.82) is 0 Å². The van der Waals surface area contributed by atoms with E-state index in [1.807, 2.05) is 11.8 Å². The van der Waals surface area contributed by atoms with Crippen molar-refractivity contribution in [3.63, 3.8) is 0 Å². The van der Waals surface area contributed by atoms with Crippen molar-refractivity contribution in [2.75, 3.05) is 31.2 Å². The fraction of sp³-hybridized carbons (Fsp3) is 0.438. The molecule has 1 aromatic heterocycles. The van der Waals surface area contributed by atoms with Crippen molar-refractivity contribution < 1.29 is 9.53 Å². The third-order valence-corrected chi connectivity index (χ3v) is 3.97. The van der Waals surface area contributed by atoms with Crippen molar-refractivity contribution >= 4 is 22.6 Å². The number of hydrogen-bond acceptors (Lipinski definition) is 5. The zero-order valence-corrected chi connectivity index (χ0v) is 13.0. The normalized spacial score (nSPS) is 15.3. The van der Waals surface area contributed by atoms with Crippen molar-refractivity contribution in [2.24, 2.45) is 7.05 Å². The van der Waals surface area contributed by atoms with E-state index in [0.29, 0.717) is 48.7 Å². The fourth-order valence-corrected chi connectivity index (χ4v) is 2.82. The molecule has 0 amide bonds. The first kappa shape index (κ1) is 14.7. The molecule has 2 aromatic rings. The predicted octanol–water partition coefficient (Wildman–Crippen LogP) is 1.28. The Morgan fingerprint density at radius 3 is 2.59 bits per heavy atom. The van der Waals surface area contributed by atoms with E-state index in [4.69, 9.17) is 4.74 Å². The maximum Gasteiger partial charge on any atom is 0.262 e. The molecule has 1 aliphatic heterocycles. The van der Waals surface area contributed by atoms with Crippen LogP contribution in [0, 0.1) is 6.92 Å². The summed E-state index contributed by atoms with van der Waals surface area (Å²) in [5.74, 6) is 0.509. The maximum atomic E-state index is 12.7. The van der Waals surface area contributed by atoms with E-state index in [9.17, 15) is 9.59 Å². The summed E-state index contributed by atoms with van der Waals surface area (Å²) >= 11 is 0. The monoisotopic (exact) mass is 301 g/mol. The Kier molecular flexibility index (Phi) is 3.70. The van der Waals surface area contributed by atoms with Crippen LogP contribution in [0.3, 0.4) is 0 Å². The summed E-state index contributed by atoms with van der Waals surface area (Å²) in [6.07, 6.45) is 0. The van der Waals surface area contributed by atoms with Gasteiger partial charge in [-0.05, 0) is 31.5 Å². The van der Waals surface area contributed by atoms with Crippen LogP contribution in [0.15, 0.2) is 16.9 Å². The van der Waals surface area contributed by atoms with Gasteiger partial charge in [-0.15, -0.1) is 0 Å². The molecule has 116 valence electrons. The van der Waals surface area contributed by atoms with Gasteiger partial charge in [0.05, 0.1) is 24.1 Å². The number of hydrogen-bond donors (Lipinski definition) is 0. The highest BCUT2D eigenvalue weighted by Gasteiger charge is 2.20. The van der Waals surface area contributed by atoms with Crippen molar-refractivity contribution in [3.8, 4) is 0 Å². The van der Waals surface area contributed by atoms with E-state index in [1.165, 1.54) is 6.92 Å². The minimum absolute atomic E-state index is 0.0811. The van der Waals surface area contributed by atoms with Crippen LogP contribution in [0.5, 0.6) is 0 Å². The van der Waals surface area contributed by atoms with E-state index in [1.54, 1.807) is 23.7 Å². The number of fused-ring (bicyclic) bond motifs is 1. The largest absolute Gasteiger partial charge is 0.378 e. The first-order chi connectivity index (χ1) is 10.5. The van der Waals surface area contributed by atoms with Crippen molar-refractivity contribution in [3.05, 3.63) is 33.6 Å². The minimum Gasteiger partial charge on any atom is -0.378 e. The lowest BCUT2D eigenvalue weighted by Gasteiger charge is -2.29. The molecule has 2 heterocycles. The number of aryl methyl sites for hydroxylation is 1. The molecule has 0 aliphatic carbocycles. The summed E-state index contributed by atoms with van der Waals surface area (Å²) in [6.45, 7) is 5.98. The molecule has 0 spiro atoms. The molecule has 6 heteroatoms. The number of anilines is 1. The van der Waals surface area contributed by atoms with Gasteiger partial charge < -0.3 is 9.64 Å². The van der Waals surface area contributed by atoms with E-state index in [-0.39, 0.29) is 11.3 Å². The Morgan fingerprint density at radius 2 is 1.95 bits per heavy atom. The van der Waals surface area contributed by atoms with Gasteiger partial charge in [-0.3, -0.25) is 14.2 Å². The number of carbonyl (C=O) groups excluding carboxylic acids is 1. The summed E-state index contributed by atoms with van der Waals surface area (Å²) in [4.78, 5) is 31.2. The van der Waals surface area contributed by atoms with Crippen LogP contribution in [0.4, 0.5) is 5.95 Å². The predicted molar refractivity (Wildman–Crippen MR) is 84.8 cm³/mol. The molecule has 1 saturated heterocycles. The number of morpholine rings is 1. The molecule has 6 nitrogen and oxygen atoms in total. The Hall–Kier alpha value is -2.21. The molecule has 0 saturated carbocycles. The number of carbonyl (C=O) groups is 1. The minimum atomic E-state index is -0.127. The van der Waals surface area contributed by atoms with Crippen LogP contribution in [-0.4, -0.2) is 41.6 Å². The SMILES string of the molecule is CC(=O)c1cc(C)cc2c(=O)n(C)c(N3CCOCC3)nc12. The van der Waals surface area contributed by atoms with Crippen LogP contribution in [0.2, 0.25) is 0 Å². The number of rotatable bonds is 2. The van der Waals surface area contributed by atoms with Gasteiger partial charge in [0.2, 0.25) is 5.95 Å². The summed E-state index contributed by atoms with van der Waals surface area (Å²) in [6, 6.07) is 3.58. The Balaban J connectivity index is 2.29. The molecule has 0 bridgehead atoms. The van der Waals surface area contributed by atoms with Gasteiger partial charge in [-0.2, -0.15) is 0 Å². The lowest BCUT2D eigenvalue weighted by atomic mass is 10.0. The second kappa shape index (κ2) is 5.53. The lowest BCUT2D eigenvalue weighted by molar-refractivity contribution is 0.101. The molecule has 3 rings (SSSR count). The highest BCUT2D eigenvalue weighted by molar-refractivity contribution is 6.05. The highest BCUT2D eigenvalue weighted by Crippen LogP contribution is 2.21. The van der Waals surface area contributed by atoms with Gasteiger partial charge in [0.25, 0.3) is 5.56 Å². The van der Waals surface area contributed by atoms with E-state index >= 15 is 0 Å². The van der Waals surface area contributed by atoms with Crippen LogP contribution >= 0.6 is 0 Å². The lowest BCUT2D eigenvalue weighted by Crippen LogP contribution is -2.40. The van der Waals surface area contributed by atoms with Crippen molar-refractivity contribution in [2.45, 2.75) is 13.8 Å². The molecule has 1 aliphatic rings. The second-order valence-electron chi connectivity index (χ2n) is 5.64. The summed E-state index contributed by atoms with van der Waals surface area (Å²) in [5.41, 5.74) is 1.75. The Morgan fingerprint density at radius 1 is 1.27 bits per heavy atom. The van der Waals surface area contributed by atoms with Crippen LogP contribution in [0.1, 0.15) is 22.8 Å². The number of Topliss-reactive ketones (excluding diaryl/α,β-unsaturated/α-hetero) is 1. The average Bonchev–Trinajstić information content (AvgIpc) is 2.51. The second-order valence-corrected chi connectivity index (χ2v) is 5.64. The van der Waals surface area contributed by atoms with Crippen LogP contribution in [0.25, 0.3) is 10.9 Å². The van der Waals surface area contributed by atoms with Crippen molar-refractivity contribution in [1.82, 2.24) is 9.55 Å². The van der Waals surface area contributed by atoms with Gasteiger partial charge in [0.1, 0.15) is 0 Å². The maximum absolute atomic E-state index is 12.7. The highest BCUT2D eigenvalue weighted by atomic mass is 16.5. The topological polar surface area (TPSA) is 64.4 Å². The Bertz CT molecular complexity index is 804. The number of benzene rings is 1. The molecular formula is C16H19N3O3. The third-order valence-electron chi connectivity index (χ3n) is 3.97.